The maximum absolute atomic E-state index is 12.0. The molecule has 17 heavy (non-hydrogen) atoms. The van der Waals surface area contributed by atoms with Gasteiger partial charge in [0.15, 0.2) is 0 Å². The number of carbonyl (C=O) groups excluding carboxylic acids is 1. The largest absolute Gasteiger partial charge is 0.285 e. The molecule has 0 atom stereocenters. The van der Waals surface area contributed by atoms with Gasteiger partial charge < -0.3 is 0 Å². The van der Waals surface area contributed by atoms with Gasteiger partial charge in [0.2, 0.25) is 11.6 Å². The van der Waals surface area contributed by atoms with Gasteiger partial charge in [-0.1, -0.05) is 6.92 Å². The van der Waals surface area contributed by atoms with Gasteiger partial charge in [-0.15, -0.1) is 0 Å². The zero-order chi connectivity index (χ0) is 12.3. The van der Waals surface area contributed by atoms with Crippen molar-refractivity contribution in [1.29, 1.82) is 0 Å². The second-order valence-electron chi connectivity index (χ2n) is 3.91. The van der Waals surface area contributed by atoms with Crippen LogP contribution in [0.15, 0.2) is 24.8 Å². The smallest absolute Gasteiger partial charge is 0.233 e. The highest BCUT2D eigenvalue weighted by atomic mass is 16.1. The molecule has 2 aromatic rings. The average Bonchev–Trinajstić information content (AvgIpc) is 2.78. The van der Waals surface area contributed by atoms with E-state index in [1.165, 1.54) is 0 Å². The molecule has 0 saturated carbocycles. The second kappa shape index (κ2) is 4.86. The standard InChI is InChI=1S/C12H14N4O/c1-3-4-16-8-10(7-15-16)11(17)12-13-5-9(2)6-14-12/h5-8H,3-4H2,1-2H3. The molecule has 0 radical (unpaired) electrons. The van der Waals surface area contributed by atoms with Crippen molar-refractivity contribution in [3.8, 4) is 0 Å². The van der Waals surface area contributed by atoms with Crippen LogP contribution >= 0.6 is 0 Å². The molecule has 0 bridgehead atoms. The van der Waals surface area contributed by atoms with E-state index in [4.69, 9.17) is 0 Å². The Bertz CT molecular complexity index is 516. The Labute approximate surface area is 99.5 Å². The van der Waals surface area contributed by atoms with Crippen LogP contribution in [0.3, 0.4) is 0 Å². The Hall–Kier alpha value is -2.04. The second-order valence-corrected chi connectivity index (χ2v) is 3.91. The third-order valence-corrected chi connectivity index (χ3v) is 2.33. The first-order valence-corrected chi connectivity index (χ1v) is 5.56. The Morgan fingerprint density at radius 2 is 2.00 bits per heavy atom. The molecule has 0 aliphatic heterocycles. The van der Waals surface area contributed by atoms with E-state index in [-0.39, 0.29) is 11.6 Å². The van der Waals surface area contributed by atoms with Gasteiger partial charge in [-0.25, -0.2) is 9.97 Å². The normalized spacial score (nSPS) is 10.5. The van der Waals surface area contributed by atoms with E-state index in [9.17, 15) is 4.79 Å². The van der Waals surface area contributed by atoms with Gasteiger partial charge in [0.05, 0.1) is 11.8 Å². The quantitative estimate of drug-likeness (QED) is 0.749. The van der Waals surface area contributed by atoms with E-state index in [1.807, 2.05) is 6.92 Å². The zero-order valence-electron chi connectivity index (χ0n) is 9.92. The molecule has 0 aliphatic rings. The Kier molecular flexibility index (Phi) is 3.27. The summed E-state index contributed by atoms with van der Waals surface area (Å²) in [4.78, 5) is 20.0. The van der Waals surface area contributed by atoms with Crippen LogP contribution in [-0.2, 0) is 6.54 Å². The topological polar surface area (TPSA) is 60.7 Å². The van der Waals surface area contributed by atoms with Gasteiger partial charge in [0.1, 0.15) is 0 Å². The molecule has 0 amide bonds. The van der Waals surface area contributed by atoms with E-state index in [0.29, 0.717) is 5.56 Å². The number of rotatable bonds is 4. The van der Waals surface area contributed by atoms with Crippen molar-refractivity contribution in [2.75, 3.05) is 0 Å². The molecule has 5 heteroatoms. The molecule has 5 nitrogen and oxygen atoms in total. The molecule has 2 rings (SSSR count). The van der Waals surface area contributed by atoms with E-state index >= 15 is 0 Å². The average molecular weight is 230 g/mol. The molecule has 0 fully saturated rings. The monoisotopic (exact) mass is 230 g/mol. The minimum atomic E-state index is -0.188. The molecular formula is C12H14N4O. The fourth-order valence-corrected chi connectivity index (χ4v) is 1.47. The minimum absolute atomic E-state index is 0.188. The van der Waals surface area contributed by atoms with Gasteiger partial charge in [-0.05, 0) is 18.9 Å². The van der Waals surface area contributed by atoms with Crippen molar-refractivity contribution in [2.45, 2.75) is 26.8 Å². The lowest BCUT2D eigenvalue weighted by Crippen LogP contribution is -2.06. The van der Waals surface area contributed by atoms with Crippen molar-refractivity contribution >= 4 is 5.78 Å². The summed E-state index contributed by atoms with van der Waals surface area (Å²) in [6, 6.07) is 0. The maximum atomic E-state index is 12.0. The summed E-state index contributed by atoms with van der Waals surface area (Å²) in [5.41, 5.74) is 1.46. The molecule has 88 valence electrons. The fraction of sp³-hybridized carbons (Fsp3) is 0.333. The van der Waals surface area contributed by atoms with Crippen LogP contribution < -0.4 is 0 Å². The van der Waals surface area contributed by atoms with Crippen LogP contribution in [0, 0.1) is 6.92 Å². The van der Waals surface area contributed by atoms with E-state index < -0.39 is 0 Å². The highest BCUT2D eigenvalue weighted by Gasteiger charge is 2.13. The van der Waals surface area contributed by atoms with Crippen LogP contribution in [-0.4, -0.2) is 25.5 Å². The van der Waals surface area contributed by atoms with Gasteiger partial charge in [-0.3, -0.25) is 9.48 Å². The summed E-state index contributed by atoms with van der Waals surface area (Å²) >= 11 is 0. The third kappa shape index (κ3) is 2.55. The van der Waals surface area contributed by atoms with Gasteiger partial charge in [-0.2, -0.15) is 5.10 Å². The molecule has 2 aromatic heterocycles. The Morgan fingerprint density at radius 1 is 1.29 bits per heavy atom. The lowest BCUT2D eigenvalue weighted by molar-refractivity contribution is 0.102. The summed E-state index contributed by atoms with van der Waals surface area (Å²) in [6.45, 7) is 4.75. The van der Waals surface area contributed by atoms with Gasteiger partial charge in [0, 0.05) is 25.1 Å². The Balaban J connectivity index is 2.21. The highest BCUT2D eigenvalue weighted by molar-refractivity contribution is 6.06. The van der Waals surface area contributed by atoms with Gasteiger partial charge >= 0.3 is 0 Å². The molecule has 0 unspecified atom stereocenters. The lowest BCUT2D eigenvalue weighted by atomic mass is 10.2. The number of hydrogen-bond acceptors (Lipinski definition) is 4. The van der Waals surface area contributed by atoms with Crippen LogP contribution in [0.5, 0.6) is 0 Å². The SMILES string of the molecule is CCCn1cc(C(=O)c2ncc(C)cn2)cn1. The predicted octanol–water partition coefficient (Wildman–Crippen LogP) is 1.62. The van der Waals surface area contributed by atoms with E-state index in [0.717, 1.165) is 18.5 Å². The minimum Gasteiger partial charge on any atom is -0.285 e. The first-order chi connectivity index (χ1) is 8.20. The molecule has 0 spiro atoms. The van der Waals surface area contributed by atoms with Crippen molar-refractivity contribution in [3.05, 3.63) is 41.7 Å². The molecular weight excluding hydrogens is 216 g/mol. The highest BCUT2D eigenvalue weighted by Crippen LogP contribution is 2.05. The van der Waals surface area contributed by atoms with Crippen molar-refractivity contribution < 1.29 is 4.79 Å². The number of aromatic nitrogens is 4. The third-order valence-electron chi connectivity index (χ3n) is 2.33. The molecule has 0 aromatic carbocycles. The summed E-state index contributed by atoms with van der Waals surface area (Å²) in [7, 11) is 0. The number of ketones is 1. The van der Waals surface area contributed by atoms with E-state index in [2.05, 4.69) is 22.0 Å². The van der Waals surface area contributed by atoms with Gasteiger partial charge in [0.25, 0.3) is 0 Å². The van der Waals surface area contributed by atoms with Crippen LogP contribution in [0.4, 0.5) is 0 Å². The first kappa shape index (κ1) is 11.4. The number of hydrogen-bond donors (Lipinski definition) is 0. The Morgan fingerprint density at radius 3 is 2.65 bits per heavy atom. The van der Waals surface area contributed by atoms with E-state index in [1.54, 1.807) is 29.5 Å². The van der Waals surface area contributed by atoms with Crippen LogP contribution in [0.25, 0.3) is 0 Å². The first-order valence-electron chi connectivity index (χ1n) is 5.56. The molecule has 0 N–H and O–H groups in total. The summed E-state index contributed by atoms with van der Waals surface area (Å²) in [5, 5.41) is 4.11. The number of aryl methyl sites for hydroxylation is 2. The summed E-state index contributed by atoms with van der Waals surface area (Å²) in [6.07, 6.45) is 7.54. The maximum Gasteiger partial charge on any atom is 0.233 e. The summed E-state index contributed by atoms with van der Waals surface area (Å²) in [5.74, 6) is 0.0269. The molecule has 0 aliphatic carbocycles. The van der Waals surface area contributed by atoms with Crippen molar-refractivity contribution in [1.82, 2.24) is 19.7 Å². The number of nitrogens with zero attached hydrogens (tertiary/aromatic N) is 4. The van der Waals surface area contributed by atoms with Crippen molar-refractivity contribution in [2.24, 2.45) is 0 Å². The van der Waals surface area contributed by atoms with Crippen LogP contribution in [0.1, 0.15) is 35.1 Å². The molecule has 2 heterocycles. The molecule has 0 saturated heterocycles. The van der Waals surface area contributed by atoms with Crippen molar-refractivity contribution in [3.63, 3.8) is 0 Å². The summed E-state index contributed by atoms with van der Waals surface area (Å²) < 4.78 is 1.75. The zero-order valence-corrected chi connectivity index (χ0v) is 9.92. The number of carbonyl (C=O) groups is 1. The van der Waals surface area contributed by atoms with Crippen LogP contribution in [0.2, 0.25) is 0 Å². The predicted molar refractivity (Wildman–Crippen MR) is 62.7 cm³/mol. The lowest BCUT2D eigenvalue weighted by Gasteiger charge is -1.97. The fourth-order valence-electron chi connectivity index (χ4n) is 1.47.